The fraction of sp³-hybridized carbons (Fsp3) is 0.611. The van der Waals surface area contributed by atoms with Crippen molar-refractivity contribution in [2.24, 2.45) is 17.3 Å². The standard InChI is InChI=1S/C18H21FO/c1-18-9-8-14-13-5-3-12(19)10-11(13)2-4-15(14)16(18)6-7-17(18)20/h3,5,10,14-16H,2,4,6-9H2,1H3/t14-,15?,16+,18?/m1/s1. The number of carbonyl (C=O) groups excluding carboxylic acids is 1. The summed E-state index contributed by atoms with van der Waals surface area (Å²) in [7, 11) is 0. The van der Waals surface area contributed by atoms with E-state index in [4.69, 9.17) is 0 Å². The first-order valence-corrected chi connectivity index (χ1v) is 7.91. The van der Waals surface area contributed by atoms with Gasteiger partial charge in [-0.3, -0.25) is 4.79 Å². The third kappa shape index (κ3) is 1.57. The number of ketones is 1. The van der Waals surface area contributed by atoms with Crippen molar-refractivity contribution in [3.8, 4) is 0 Å². The fourth-order valence-electron chi connectivity index (χ4n) is 5.32. The molecule has 20 heavy (non-hydrogen) atoms. The van der Waals surface area contributed by atoms with E-state index in [0.29, 0.717) is 23.5 Å². The van der Waals surface area contributed by atoms with Crippen LogP contribution in [0.5, 0.6) is 0 Å². The number of hydrogen-bond acceptors (Lipinski definition) is 1. The summed E-state index contributed by atoms with van der Waals surface area (Å²) in [5, 5.41) is 0. The summed E-state index contributed by atoms with van der Waals surface area (Å²) in [5.41, 5.74) is 2.52. The van der Waals surface area contributed by atoms with E-state index >= 15 is 0 Å². The second kappa shape index (κ2) is 4.16. The lowest BCUT2D eigenvalue weighted by atomic mass is 9.55. The van der Waals surface area contributed by atoms with Crippen LogP contribution in [0.3, 0.4) is 0 Å². The van der Waals surface area contributed by atoms with Gasteiger partial charge in [0.05, 0.1) is 0 Å². The van der Waals surface area contributed by atoms with E-state index in [1.807, 2.05) is 6.07 Å². The fourth-order valence-corrected chi connectivity index (χ4v) is 5.32. The Balaban J connectivity index is 1.73. The molecule has 3 aliphatic carbocycles. The molecule has 0 aromatic heterocycles. The number of rotatable bonds is 0. The number of hydrogen-bond donors (Lipinski definition) is 0. The second-order valence-corrected chi connectivity index (χ2v) is 7.18. The van der Waals surface area contributed by atoms with Crippen molar-refractivity contribution in [2.75, 3.05) is 0 Å². The highest BCUT2D eigenvalue weighted by Crippen LogP contribution is 2.59. The molecular formula is C18H21FO. The summed E-state index contributed by atoms with van der Waals surface area (Å²) in [4.78, 5) is 12.2. The number of carbonyl (C=O) groups is 1. The molecule has 1 aromatic rings. The third-order valence-electron chi connectivity index (χ3n) is 6.40. The molecule has 2 unspecified atom stereocenters. The topological polar surface area (TPSA) is 17.1 Å². The predicted molar refractivity (Wildman–Crippen MR) is 76.0 cm³/mol. The van der Waals surface area contributed by atoms with E-state index in [0.717, 1.165) is 38.5 Å². The van der Waals surface area contributed by atoms with Crippen molar-refractivity contribution < 1.29 is 9.18 Å². The molecule has 3 aliphatic rings. The summed E-state index contributed by atoms with van der Waals surface area (Å²) in [6, 6.07) is 5.33. The van der Waals surface area contributed by atoms with E-state index in [2.05, 4.69) is 6.92 Å². The van der Waals surface area contributed by atoms with Gasteiger partial charge in [0.25, 0.3) is 0 Å². The lowest BCUT2D eigenvalue weighted by Crippen LogP contribution is -2.42. The Morgan fingerprint density at radius 2 is 2.05 bits per heavy atom. The van der Waals surface area contributed by atoms with Crippen LogP contribution in [0.1, 0.15) is 56.1 Å². The average Bonchev–Trinajstić information content (AvgIpc) is 2.74. The average molecular weight is 272 g/mol. The highest BCUT2D eigenvalue weighted by molar-refractivity contribution is 5.87. The van der Waals surface area contributed by atoms with Gasteiger partial charge in [0.15, 0.2) is 0 Å². The quantitative estimate of drug-likeness (QED) is 0.690. The summed E-state index contributed by atoms with van der Waals surface area (Å²) in [5.74, 6) is 2.14. The Hall–Kier alpha value is -1.18. The van der Waals surface area contributed by atoms with Gasteiger partial charge in [-0.15, -0.1) is 0 Å². The molecule has 0 bridgehead atoms. The van der Waals surface area contributed by atoms with Crippen LogP contribution >= 0.6 is 0 Å². The summed E-state index contributed by atoms with van der Waals surface area (Å²) in [6.45, 7) is 2.20. The molecule has 2 fully saturated rings. The molecule has 0 aliphatic heterocycles. The Morgan fingerprint density at radius 1 is 1.20 bits per heavy atom. The van der Waals surface area contributed by atoms with E-state index in [-0.39, 0.29) is 11.2 Å². The zero-order chi connectivity index (χ0) is 13.9. The zero-order valence-corrected chi connectivity index (χ0v) is 12.0. The molecule has 0 N–H and O–H groups in total. The predicted octanol–water partition coefficient (Wildman–Crippen LogP) is 4.25. The van der Waals surface area contributed by atoms with Crippen LogP contribution in [0.15, 0.2) is 18.2 Å². The molecule has 2 saturated carbocycles. The highest BCUT2D eigenvalue weighted by atomic mass is 19.1. The summed E-state index contributed by atoms with van der Waals surface area (Å²) >= 11 is 0. The van der Waals surface area contributed by atoms with Crippen LogP contribution in [0.25, 0.3) is 0 Å². The minimum Gasteiger partial charge on any atom is -0.299 e. The van der Waals surface area contributed by atoms with E-state index in [9.17, 15) is 9.18 Å². The molecule has 2 heteroatoms. The maximum atomic E-state index is 13.4. The van der Waals surface area contributed by atoms with Gasteiger partial charge in [-0.25, -0.2) is 4.39 Å². The zero-order valence-electron chi connectivity index (χ0n) is 12.0. The van der Waals surface area contributed by atoms with Crippen molar-refractivity contribution in [3.63, 3.8) is 0 Å². The van der Waals surface area contributed by atoms with Gasteiger partial charge in [0.2, 0.25) is 0 Å². The molecule has 1 nitrogen and oxygen atoms in total. The smallest absolute Gasteiger partial charge is 0.139 e. The molecular weight excluding hydrogens is 251 g/mol. The monoisotopic (exact) mass is 272 g/mol. The van der Waals surface area contributed by atoms with Gasteiger partial charge < -0.3 is 0 Å². The first-order valence-electron chi connectivity index (χ1n) is 7.91. The lowest BCUT2D eigenvalue weighted by molar-refractivity contribution is -0.129. The van der Waals surface area contributed by atoms with E-state index in [1.165, 1.54) is 11.1 Å². The van der Waals surface area contributed by atoms with Crippen LogP contribution in [0.4, 0.5) is 4.39 Å². The molecule has 106 valence electrons. The maximum Gasteiger partial charge on any atom is 0.139 e. The number of benzene rings is 1. The Kier molecular flexibility index (Phi) is 2.61. The van der Waals surface area contributed by atoms with Crippen LogP contribution in [0, 0.1) is 23.1 Å². The molecule has 0 heterocycles. The highest BCUT2D eigenvalue weighted by Gasteiger charge is 2.54. The van der Waals surface area contributed by atoms with Gasteiger partial charge >= 0.3 is 0 Å². The normalized spacial score (nSPS) is 39.1. The molecule has 0 saturated heterocycles. The van der Waals surface area contributed by atoms with Crippen molar-refractivity contribution in [1.82, 2.24) is 0 Å². The molecule has 0 radical (unpaired) electrons. The van der Waals surface area contributed by atoms with Crippen molar-refractivity contribution in [3.05, 3.63) is 35.1 Å². The first-order chi connectivity index (χ1) is 9.59. The Labute approximate surface area is 119 Å². The Morgan fingerprint density at radius 3 is 2.90 bits per heavy atom. The molecule has 1 aromatic carbocycles. The summed E-state index contributed by atoms with van der Waals surface area (Å²) < 4.78 is 13.4. The number of aryl methyl sites for hydroxylation is 1. The van der Waals surface area contributed by atoms with Crippen molar-refractivity contribution in [1.29, 1.82) is 0 Å². The van der Waals surface area contributed by atoms with Crippen molar-refractivity contribution in [2.45, 2.75) is 51.4 Å². The Bertz CT molecular complexity index is 579. The van der Waals surface area contributed by atoms with Crippen molar-refractivity contribution >= 4 is 5.78 Å². The number of Topliss-reactive ketones (excluding diaryl/α,β-unsaturated/α-hetero) is 1. The first kappa shape index (κ1) is 12.6. The van der Waals surface area contributed by atoms with Crippen LogP contribution in [0.2, 0.25) is 0 Å². The minimum absolute atomic E-state index is 0.0568. The van der Waals surface area contributed by atoms with Gasteiger partial charge in [-0.2, -0.15) is 0 Å². The van der Waals surface area contributed by atoms with Gasteiger partial charge in [-0.1, -0.05) is 13.0 Å². The molecule has 4 rings (SSSR count). The maximum absolute atomic E-state index is 13.4. The summed E-state index contributed by atoms with van der Waals surface area (Å²) in [6.07, 6.45) is 6.09. The molecule has 0 spiro atoms. The molecule has 4 atom stereocenters. The van der Waals surface area contributed by atoms with Gasteiger partial charge in [0.1, 0.15) is 11.6 Å². The van der Waals surface area contributed by atoms with E-state index in [1.54, 1.807) is 12.1 Å². The van der Waals surface area contributed by atoms with Gasteiger partial charge in [0, 0.05) is 11.8 Å². The van der Waals surface area contributed by atoms with Gasteiger partial charge in [-0.05, 0) is 73.1 Å². The number of fused-ring (bicyclic) bond motifs is 5. The lowest BCUT2D eigenvalue weighted by Gasteiger charge is -2.48. The number of halogens is 1. The van der Waals surface area contributed by atoms with Crippen LogP contribution in [-0.2, 0) is 11.2 Å². The van der Waals surface area contributed by atoms with E-state index < -0.39 is 0 Å². The largest absolute Gasteiger partial charge is 0.299 e. The third-order valence-corrected chi connectivity index (χ3v) is 6.40. The van der Waals surface area contributed by atoms with Crippen LogP contribution < -0.4 is 0 Å². The SMILES string of the molecule is CC12CC[C@@H]3c4ccc(F)cc4CCC3[C@@H]1CCC2=O. The minimum atomic E-state index is -0.112. The van der Waals surface area contributed by atoms with Crippen LogP contribution in [-0.4, -0.2) is 5.78 Å². The second-order valence-electron chi connectivity index (χ2n) is 7.18. The molecule has 0 amide bonds.